The molecule has 2 N–H and O–H groups in total. The number of urea groups is 1. The lowest BCUT2D eigenvalue weighted by Gasteiger charge is -2.46. The largest absolute Gasteiger partial charge is 0.361 e. The maximum Gasteiger partial charge on any atom is 0.327 e. The summed E-state index contributed by atoms with van der Waals surface area (Å²) in [5, 5.41) is 4.34. The number of para-hydroxylation sites is 1. The van der Waals surface area contributed by atoms with Gasteiger partial charge in [-0.05, 0) is 76.2 Å². The van der Waals surface area contributed by atoms with E-state index in [0.29, 0.717) is 12.5 Å². The highest BCUT2D eigenvalue weighted by molar-refractivity contribution is 7.78. The van der Waals surface area contributed by atoms with Gasteiger partial charge in [0.15, 0.2) is 0 Å². The molecular formula is C27H36N4OS. The Balaban J connectivity index is 1.29. The quantitative estimate of drug-likeness (QED) is 0.399. The molecule has 1 fully saturated rings. The highest BCUT2D eigenvalue weighted by Gasteiger charge is 2.39. The van der Waals surface area contributed by atoms with E-state index in [4.69, 9.17) is 0 Å². The lowest BCUT2D eigenvalue weighted by molar-refractivity contribution is 0.0743. The lowest BCUT2D eigenvalue weighted by Crippen LogP contribution is -2.46. The van der Waals surface area contributed by atoms with Crippen LogP contribution in [0.5, 0.6) is 0 Å². The lowest BCUT2D eigenvalue weighted by atomic mass is 9.72. The van der Waals surface area contributed by atoms with E-state index in [-0.39, 0.29) is 17.6 Å². The van der Waals surface area contributed by atoms with Gasteiger partial charge in [-0.3, -0.25) is 9.21 Å². The summed E-state index contributed by atoms with van der Waals surface area (Å²) in [6.07, 6.45) is 7.18. The number of nitrogens with one attached hydrogen (secondary N) is 2. The highest BCUT2D eigenvalue weighted by atomic mass is 32.1. The van der Waals surface area contributed by atoms with Crippen molar-refractivity contribution in [3.8, 4) is 0 Å². The van der Waals surface area contributed by atoms with Crippen LogP contribution in [-0.4, -0.2) is 46.9 Å². The number of nitrogens with zero attached hydrogens (tertiary/aromatic N) is 2. The number of amides is 2. The van der Waals surface area contributed by atoms with E-state index >= 15 is 0 Å². The molecule has 0 bridgehead atoms. The van der Waals surface area contributed by atoms with E-state index in [1.807, 2.05) is 25.3 Å². The number of benzene rings is 2. The Labute approximate surface area is 203 Å². The maximum atomic E-state index is 12.8. The van der Waals surface area contributed by atoms with E-state index in [1.165, 1.54) is 16.5 Å². The SMILES string of the molecule is CC(Cc1c[nH]c2ccccc12)NC(=O)N(S)CC1CCC(c2ccccc2)(N(C)C)CC1. The van der Waals surface area contributed by atoms with Crippen molar-refractivity contribution in [1.29, 1.82) is 0 Å². The topological polar surface area (TPSA) is 51.4 Å². The standard InChI is InChI=1S/C27H36N4OS/c1-20(17-22-18-28-25-12-8-7-11-24(22)25)29-26(32)31(33)19-21-13-15-27(16-14-21,30(2)3)23-9-5-4-6-10-23/h4-12,18,20-21,28,33H,13-17,19H2,1-3H3,(H,29,32). The van der Waals surface area contributed by atoms with E-state index in [2.05, 4.69) is 84.6 Å². The van der Waals surface area contributed by atoms with Gasteiger partial charge in [-0.1, -0.05) is 61.3 Å². The van der Waals surface area contributed by atoms with Crippen LogP contribution >= 0.6 is 12.8 Å². The van der Waals surface area contributed by atoms with Crippen LogP contribution < -0.4 is 5.32 Å². The molecular weight excluding hydrogens is 428 g/mol. The molecule has 0 radical (unpaired) electrons. The maximum absolute atomic E-state index is 12.8. The number of hydrogen-bond acceptors (Lipinski definition) is 3. The van der Waals surface area contributed by atoms with Crippen molar-refractivity contribution in [3.63, 3.8) is 0 Å². The Morgan fingerprint density at radius 1 is 1.12 bits per heavy atom. The Kier molecular flexibility index (Phi) is 7.35. The normalized spacial score (nSPS) is 21.8. The number of aromatic amines is 1. The number of fused-ring (bicyclic) bond motifs is 1. The van der Waals surface area contributed by atoms with Crippen LogP contribution in [0.15, 0.2) is 60.8 Å². The van der Waals surface area contributed by atoms with E-state index in [9.17, 15) is 4.79 Å². The molecule has 4 rings (SSSR count). The van der Waals surface area contributed by atoms with Crippen LogP contribution in [0, 0.1) is 5.92 Å². The fourth-order valence-corrected chi connectivity index (χ4v) is 5.66. The predicted molar refractivity (Wildman–Crippen MR) is 139 cm³/mol. The minimum Gasteiger partial charge on any atom is -0.361 e. The third-order valence-corrected chi connectivity index (χ3v) is 7.68. The molecule has 0 aliphatic heterocycles. The average Bonchev–Trinajstić information content (AvgIpc) is 3.22. The minimum atomic E-state index is -0.113. The molecule has 2 amide bonds. The van der Waals surface area contributed by atoms with Gasteiger partial charge in [-0.25, -0.2) is 4.79 Å². The molecule has 1 aliphatic carbocycles. The van der Waals surface area contributed by atoms with E-state index < -0.39 is 0 Å². The van der Waals surface area contributed by atoms with Crippen molar-refractivity contribution in [2.45, 2.75) is 50.6 Å². The number of H-pyrrole nitrogens is 1. The predicted octanol–water partition coefficient (Wildman–Crippen LogP) is 5.60. The van der Waals surface area contributed by atoms with E-state index in [1.54, 1.807) is 4.31 Å². The molecule has 1 aliphatic rings. The van der Waals surface area contributed by atoms with Crippen molar-refractivity contribution >= 4 is 29.7 Å². The third-order valence-electron chi connectivity index (χ3n) is 7.34. The smallest absolute Gasteiger partial charge is 0.327 e. The molecule has 33 heavy (non-hydrogen) atoms. The zero-order valence-electron chi connectivity index (χ0n) is 19.9. The number of carbonyl (C=O) groups excluding carboxylic acids is 1. The second-order valence-corrected chi connectivity index (χ2v) is 10.2. The Morgan fingerprint density at radius 2 is 1.79 bits per heavy atom. The van der Waals surface area contributed by atoms with Crippen LogP contribution in [0.3, 0.4) is 0 Å². The third kappa shape index (κ3) is 5.22. The van der Waals surface area contributed by atoms with Gasteiger partial charge in [-0.15, -0.1) is 0 Å². The second-order valence-electron chi connectivity index (χ2n) is 9.73. The zero-order valence-corrected chi connectivity index (χ0v) is 20.8. The van der Waals surface area contributed by atoms with Gasteiger partial charge >= 0.3 is 6.03 Å². The molecule has 1 saturated carbocycles. The fraction of sp³-hybridized carbons (Fsp3) is 0.444. The molecule has 0 saturated heterocycles. The molecule has 1 heterocycles. The summed E-state index contributed by atoms with van der Waals surface area (Å²) in [6, 6.07) is 19.0. The Bertz CT molecular complexity index is 1060. The van der Waals surface area contributed by atoms with Crippen LogP contribution in [0.2, 0.25) is 0 Å². The summed E-state index contributed by atoms with van der Waals surface area (Å²) < 4.78 is 1.57. The minimum absolute atomic E-state index is 0.0252. The van der Waals surface area contributed by atoms with Crippen LogP contribution in [0.25, 0.3) is 10.9 Å². The molecule has 2 aromatic carbocycles. The van der Waals surface area contributed by atoms with Crippen molar-refractivity contribution in [2.24, 2.45) is 5.92 Å². The first kappa shape index (κ1) is 23.7. The highest BCUT2D eigenvalue weighted by Crippen LogP contribution is 2.43. The number of carbonyl (C=O) groups is 1. The Hall–Kier alpha value is -2.44. The van der Waals surface area contributed by atoms with Crippen molar-refractivity contribution in [1.82, 2.24) is 19.5 Å². The summed E-state index contributed by atoms with van der Waals surface area (Å²) >= 11 is 4.54. The molecule has 1 atom stereocenters. The van der Waals surface area contributed by atoms with Crippen molar-refractivity contribution in [3.05, 3.63) is 71.9 Å². The molecule has 1 unspecified atom stereocenters. The first-order valence-corrected chi connectivity index (χ1v) is 12.3. The summed E-state index contributed by atoms with van der Waals surface area (Å²) in [5.41, 5.74) is 3.82. The van der Waals surface area contributed by atoms with Gasteiger partial charge in [0, 0.05) is 35.2 Å². The monoisotopic (exact) mass is 464 g/mol. The van der Waals surface area contributed by atoms with Crippen molar-refractivity contribution < 1.29 is 4.79 Å². The van der Waals surface area contributed by atoms with Crippen molar-refractivity contribution in [2.75, 3.05) is 20.6 Å². The van der Waals surface area contributed by atoms with E-state index in [0.717, 1.165) is 37.6 Å². The van der Waals surface area contributed by atoms with Gasteiger partial charge < -0.3 is 10.3 Å². The average molecular weight is 465 g/mol. The van der Waals surface area contributed by atoms with Gasteiger partial charge in [0.1, 0.15) is 0 Å². The summed E-state index contributed by atoms with van der Waals surface area (Å²) in [4.78, 5) is 18.5. The summed E-state index contributed by atoms with van der Waals surface area (Å²) in [6.45, 7) is 2.72. The van der Waals surface area contributed by atoms with Crippen LogP contribution in [0.1, 0.15) is 43.7 Å². The summed E-state index contributed by atoms with van der Waals surface area (Å²) in [7, 11) is 4.36. The molecule has 6 heteroatoms. The first-order valence-electron chi connectivity index (χ1n) is 11.9. The second kappa shape index (κ2) is 10.2. The Morgan fingerprint density at radius 3 is 2.48 bits per heavy atom. The molecule has 3 aromatic rings. The molecule has 0 spiro atoms. The number of hydrogen-bond donors (Lipinski definition) is 3. The number of aromatic nitrogens is 1. The van der Waals surface area contributed by atoms with Gasteiger partial charge in [-0.2, -0.15) is 0 Å². The van der Waals surface area contributed by atoms with Gasteiger partial charge in [0.2, 0.25) is 0 Å². The zero-order chi connectivity index (χ0) is 23.4. The molecule has 1 aromatic heterocycles. The molecule has 176 valence electrons. The van der Waals surface area contributed by atoms with Gasteiger partial charge in [0.25, 0.3) is 0 Å². The summed E-state index contributed by atoms with van der Waals surface area (Å²) in [5.74, 6) is 0.467. The molecule has 5 nitrogen and oxygen atoms in total. The van der Waals surface area contributed by atoms with Gasteiger partial charge in [0.05, 0.1) is 0 Å². The number of rotatable bonds is 7. The fourth-order valence-electron chi connectivity index (χ4n) is 5.37. The van der Waals surface area contributed by atoms with Crippen LogP contribution in [0.4, 0.5) is 4.79 Å². The first-order chi connectivity index (χ1) is 15.9. The number of thiol groups is 1. The van der Waals surface area contributed by atoms with Crippen LogP contribution in [-0.2, 0) is 12.0 Å².